The standard InChI is InChI=1S/C23H28N4O3/c1-6-30-22-21(14-17-7-10-20(26(3)4)13-16(17)2)23(28)27(25-22)19-11-8-18(9-12-19)24-15-29-5/h7-14,24H,6,15H2,1-5H3. The van der Waals surface area contributed by atoms with Crippen LogP contribution in [0.2, 0.25) is 0 Å². The van der Waals surface area contributed by atoms with E-state index in [4.69, 9.17) is 9.47 Å². The fraction of sp³-hybridized carbons (Fsp3) is 0.304. The third kappa shape index (κ3) is 4.63. The van der Waals surface area contributed by atoms with Gasteiger partial charge in [-0.25, -0.2) is 0 Å². The van der Waals surface area contributed by atoms with Crippen molar-refractivity contribution in [3.05, 3.63) is 59.2 Å². The summed E-state index contributed by atoms with van der Waals surface area (Å²) < 4.78 is 10.7. The molecule has 7 heteroatoms. The number of aryl methyl sites for hydroxylation is 1. The van der Waals surface area contributed by atoms with Crippen LogP contribution in [0.1, 0.15) is 18.1 Å². The Bertz CT molecular complexity index is 965. The van der Waals surface area contributed by atoms with Crippen molar-refractivity contribution < 1.29 is 14.3 Å². The number of benzene rings is 2. The van der Waals surface area contributed by atoms with Gasteiger partial charge in [0.2, 0.25) is 5.90 Å². The molecule has 2 aromatic carbocycles. The summed E-state index contributed by atoms with van der Waals surface area (Å²) in [6.07, 6.45) is 1.85. The first-order chi connectivity index (χ1) is 14.4. The lowest BCUT2D eigenvalue weighted by atomic mass is 10.0. The van der Waals surface area contributed by atoms with E-state index in [2.05, 4.69) is 16.5 Å². The fourth-order valence-corrected chi connectivity index (χ4v) is 3.07. The van der Waals surface area contributed by atoms with E-state index in [0.717, 1.165) is 22.5 Å². The van der Waals surface area contributed by atoms with Crippen molar-refractivity contribution in [1.29, 1.82) is 0 Å². The lowest BCUT2D eigenvalue weighted by Crippen LogP contribution is -2.21. The Morgan fingerprint density at radius 1 is 1.17 bits per heavy atom. The topological polar surface area (TPSA) is 66.4 Å². The van der Waals surface area contributed by atoms with Crippen LogP contribution in [0, 0.1) is 6.92 Å². The maximum atomic E-state index is 13.2. The van der Waals surface area contributed by atoms with Crippen molar-refractivity contribution in [3.63, 3.8) is 0 Å². The van der Waals surface area contributed by atoms with Gasteiger partial charge in [-0.1, -0.05) is 6.07 Å². The lowest BCUT2D eigenvalue weighted by molar-refractivity contribution is -0.114. The highest BCUT2D eigenvalue weighted by Gasteiger charge is 2.32. The van der Waals surface area contributed by atoms with E-state index in [1.54, 1.807) is 7.11 Å². The first kappa shape index (κ1) is 21.4. The van der Waals surface area contributed by atoms with Gasteiger partial charge in [-0.2, -0.15) is 5.01 Å². The van der Waals surface area contributed by atoms with Gasteiger partial charge < -0.3 is 19.7 Å². The van der Waals surface area contributed by atoms with Gasteiger partial charge in [0.1, 0.15) is 12.3 Å². The second-order valence-electron chi connectivity index (χ2n) is 7.11. The molecule has 0 aliphatic carbocycles. The van der Waals surface area contributed by atoms with E-state index < -0.39 is 0 Å². The Hall–Kier alpha value is -3.32. The number of anilines is 3. The lowest BCUT2D eigenvalue weighted by Gasteiger charge is -2.14. The fourth-order valence-electron chi connectivity index (χ4n) is 3.07. The van der Waals surface area contributed by atoms with E-state index >= 15 is 0 Å². The molecule has 0 saturated heterocycles. The third-order valence-electron chi connectivity index (χ3n) is 4.73. The van der Waals surface area contributed by atoms with Crippen molar-refractivity contribution in [2.75, 3.05) is 49.8 Å². The summed E-state index contributed by atoms with van der Waals surface area (Å²) in [6, 6.07) is 13.6. The number of hydrazone groups is 1. The first-order valence-corrected chi connectivity index (χ1v) is 9.83. The summed E-state index contributed by atoms with van der Waals surface area (Å²) in [5.74, 6) is 0.118. The number of amides is 1. The maximum Gasteiger partial charge on any atom is 0.284 e. The van der Waals surface area contributed by atoms with Gasteiger partial charge >= 0.3 is 0 Å². The van der Waals surface area contributed by atoms with Crippen LogP contribution >= 0.6 is 0 Å². The average Bonchev–Trinajstić information content (AvgIpc) is 3.04. The van der Waals surface area contributed by atoms with Crippen LogP contribution in [0.5, 0.6) is 0 Å². The van der Waals surface area contributed by atoms with Crippen LogP contribution in [-0.2, 0) is 14.3 Å². The quantitative estimate of drug-likeness (QED) is 0.557. The first-order valence-electron chi connectivity index (χ1n) is 9.83. The average molecular weight is 409 g/mol. The Balaban J connectivity index is 1.90. The number of methoxy groups -OCH3 is 1. The molecule has 0 saturated carbocycles. The zero-order valence-corrected chi connectivity index (χ0v) is 18.1. The van der Waals surface area contributed by atoms with Gasteiger partial charge in [0.25, 0.3) is 5.91 Å². The zero-order valence-electron chi connectivity index (χ0n) is 18.1. The number of rotatable bonds is 7. The molecule has 0 aromatic heterocycles. The van der Waals surface area contributed by atoms with Crippen molar-refractivity contribution in [3.8, 4) is 0 Å². The predicted octanol–water partition coefficient (Wildman–Crippen LogP) is 3.86. The second-order valence-corrected chi connectivity index (χ2v) is 7.11. The van der Waals surface area contributed by atoms with Gasteiger partial charge in [-0.15, -0.1) is 5.10 Å². The minimum Gasteiger partial charge on any atom is -0.476 e. The zero-order chi connectivity index (χ0) is 21.7. The van der Waals surface area contributed by atoms with Crippen LogP contribution in [0.25, 0.3) is 6.08 Å². The molecule has 1 N–H and O–H groups in total. The smallest absolute Gasteiger partial charge is 0.284 e. The number of hydrogen-bond donors (Lipinski definition) is 1. The molecule has 2 aromatic rings. The third-order valence-corrected chi connectivity index (χ3v) is 4.73. The molecular formula is C23H28N4O3. The van der Waals surface area contributed by atoms with Crippen LogP contribution in [-0.4, -0.2) is 46.3 Å². The minimum atomic E-state index is -0.216. The summed E-state index contributed by atoms with van der Waals surface area (Å²) in [5, 5.41) is 8.92. The van der Waals surface area contributed by atoms with Crippen LogP contribution in [0.15, 0.2) is 53.1 Å². The van der Waals surface area contributed by atoms with E-state index in [0.29, 0.717) is 30.5 Å². The highest BCUT2D eigenvalue weighted by Crippen LogP contribution is 2.28. The number of nitrogens with zero attached hydrogens (tertiary/aromatic N) is 3. The highest BCUT2D eigenvalue weighted by atomic mass is 16.5. The Labute approximate surface area is 177 Å². The maximum absolute atomic E-state index is 13.2. The van der Waals surface area contributed by atoms with Crippen LogP contribution in [0.3, 0.4) is 0 Å². The van der Waals surface area contributed by atoms with Crippen molar-refractivity contribution in [1.82, 2.24) is 0 Å². The molecule has 1 heterocycles. The van der Waals surface area contributed by atoms with E-state index in [1.807, 2.05) is 75.3 Å². The van der Waals surface area contributed by atoms with Crippen LogP contribution in [0.4, 0.5) is 17.1 Å². The Morgan fingerprint density at radius 2 is 1.90 bits per heavy atom. The van der Waals surface area contributed by atoms with E-state index in [9.17, 15) is 4.79 Å². The molecule has 0 radical (unpaired) electrons. The number of carbonyl (C=O) groups excluding carboxylic acids is 1. The van der Waals surface area contributed by atoms with E-state index in [-0.39, 0.29) is 5.91 Å². The molecule has 158 valence electrons. The molecule has 7 nitrogen and oxygen atoms in total. The van der Waals surface area contributed by atoms with Crippen LogP contribution < -0.4 is 15.2 Å². The molecule has 0 fully saturated rings. The summed E-state index contributed by atoms with van der Waals surface area (Å²) >= 11 is 0. The van der Waals surface area contributed by atoms with Gasteiger partial charge in [0, 0.05) is 32.6 Å². The Kier molecular flexibility index (Phi) is 6.74. The molecule has 30 heavy (non-hydrogen) atoms. The molecule has 0 spiro atoms. The molecule has 1 amide bonds. The number of nitrogens with one attached hydrogen (secondary N) is 1. The normalized spacial score (nSPS) is 14.8. The summed E-state index contributed by atoms with van der Waals surface area (Å²) in [4.78, 5) is 15.2. The molecule has 1 aliphatic rings. The monoisotopic (exact) mass is 408 g/mol. The van der Waals surface area contributed by atoms with E-state index in [1.165, 1.54) is 5.01 Å². The molecular weight excluding hydrogens is 380 g/mol. The van der Waals surface area contributed by atoms with Gasteiger partial charge in [-0.05, 0) is 67.4 Å². The summed E-state index contributed by atoms with van der Waals surface area (Å²) in [5.41, 5.74) is 5.15. The summed E-state index contributed by atoms with van der Waals surface area (Å²) in [6.45, 7) is 4.74. The number of ether oxygens (including phenoxy) is 2. The Morgan fingerprint density at radius 3 is 2.50 bits per heavy atom. The SMILES string of the molecule is CCOC1=NN(c2ccc(NCOC)cc2)C(=O)C1=Cc1ccc(N(C)C)cc1C. The molecule has 0 atom stereocenters. The van der Waals surface area contributed by atoms with Crippen molar-refractivity contribution in [2.24, 2.45) is 5.10 Å². The second kappa shape index (κ2) is 9.45. The predicted molar refractivity (Wildman–Crippen MR) is 122 cm³/mol. The highest BCUT2D eigenvalue weighted by molar-refractivity contribution is 6.30. The molecule has 0 bridgehead atoms. The van der Waals surface area contributed by atoms with Gasteiger partial charge in [-0.3, -0.25) is 4.79 Å². The van der Waals surface area contributed by atoms with Gasteiger partial charge in [0.05, 0.1) is 12.3 Å². The van der Waals surface area contributed by atoms with Gasteiger partial charge in [0.15, 0.2) is 0 Å². The molecule has 1 aliphatic heterocycles. The molecule has 0 unspecified atom stereocenters. The largest absolute Gasteiger partial charge is 0.476 e. The number of carbonyl (C=O) groups is 1. The van der Waals surface area contributed by atoms with Crippen molar-refractivity contribution >= 4 is 34.9 Å². The van der Waals surface area contributed by atoms with Crippen molar-refractivity contribution in [2.45, 2.75) is 13.8 Å². The minimum absolute atomic E-state index is 0.216. The number of hydrogen-bond acceptors (Lipinski definition) is 6. The molecule has 3 rings (SSSR count). The summed E-state index contributed by atoms with van der Waals surface area (Å²) in [7, 11) is 5.63.